The topological polar surface area (TPSA) is 46.5 Å². The Morgan fingerprint density at radius 1 is 1.04 bits per heavy atom. The molecule has 1 atom stereocenters. The summed E-state index contributed by atoms with van der Waals surface area (Å²) < 4.78 is 4.78. The van der Waals surface area contributed by atoms with E-state index >= 15 is 0 Å². The quantitative estimate of drug-likeness (QED) is 0.597. The van der Waals surface area contributed by atoms with Gasteiger partial charge in [0.1, 0.15) is 0 Å². The van der Waals surface area contributed by atoms with E-state index in [0.717, 1.165) is 24.8 Å². The van der Waals surface area contributed by atoms with Crippen LogP contribution in [0.3, 0.4) is 0 Å². The van der Waals surface area contributed by atoms with Gasteiger partial charge in [-0.25, -0.2) is 0 Å². The number of esters is 1. The molecule has 0 radical (unpaired) electrons. The molecule has 0 heterocycles. The zero-order valence-electron chi connectivity index (χ0n) is 16.8. The second-order valence-corrected chi connectivity index (χ2v) is 7.61. The third-order valence-electron chi connectivity index (χ3n) is 5.07. The van der Waals surface area contributed by atoms with Gasteiger partial charge in [-0.2, -0.15) is 0 Å². The van der Waals surface area contributed by atoms with Crippen LogP contribution in [0.4, 0.5) is 0 Å². The fourth-order valence-corrected chi connectivity index (χ4v) is 3.64. The Hall–Kier alpha value is -2.13. The number of hydrogen-bond donors (Lipinski definition) is 1. The number of ether oxygens (including phenoxy) is 1. The molecule has 0 saturated heterocycles. The second kappa shape index (κ2) is 10.9. The third-order valence-corrected chi connectivity index (χ3v) is 5.07. The summed E-state index contributed by atoms with van der Waals surface area (Å²) in [6.45, 7) is 4.58. The molecule has 146 valence electrons. The van der Waals surface area contributed by atoms with Crippen LogP contribution >= 0.6 is 0 Å². The Labute approximate surface area is 163 Å². The predicted molar refractivity (Wildman–Crippen MR) is 110 cm³/mol. The zero-order valence-corrected chi connectivity index (χ0v) is 16.8. The lowest BCUT2D eigenvalue weighted by Gasteiger charge is -2.21. The van der Waals surface area contributed by atoms with Crippen molar-refractivity contribution in [3.63, 3.8) is 0 Å². The van der Waals surface area contributed by atoms with Gasteiger partial charge in [0.15, 0.2) is 0 Å². The van der Waals surface area contributed by atoms with Gasteiger partial charge in [0.25, 0.3) is 0 Å². The largest absolute Gasteiger partial charge is 0.469 e. The van der Waals surface area contributed by atoms with E-state index in [0.29, 0.717) is 24.7 Å². The minimum atomic E-state index is -0.186. The molecule has 0 aliphatic rings. The highest BCUT2D eigenvalue weighted by molar-refractivity contribution is 5.69. The molecule has 0 amide bonds. The monoisotopic (exact) mass is 368 g/mol. The fraction of sp³-hybridized carbons (Fsp3) is 0.458. The Kier molecular flexibility index (Phi) is 8.53. The van der Waals surface area contributed by atoms with Crippen molar-refractivity contribution >= 4 is 5.97 Å². The molecule has 27 heavy (non-hydrogen) atoms. The highest BCUT2D eigenvalue weighted by Crippen LogP contribution is 2.29. The molecule has 2 aromatic carbocycles. The van der Waals surface area contributed by atoms with Crippen molar-refractivity contribution in [1.82, 2.24) is 0 Å². The van der Waals surface area contributed by atoms with Gasteiger partial charge in [0.05, 0.1) is 13.7 Å². The van der Waals surface area contributed by atoms with E-state index in [4.69, 9.17) is 4.74 Å². The Morgan fingerprint density at radius 2 is 1.78 bits per heavy atom. The summed E-state index contributed by atoms with van der Waals surface area (Å²) in [6.07, 6.45) is 4.21. The van der Waals surface area contributed by atoms with Gasteiger partial charge in [-0.3, -0.25) is 4.79 Å². The van der Waals surface area contributed by atoms with Gasteiger partial charge < -0.3 is 9.84 Å². The number of carbonyl (C=O) groups is 1. The van der Waals surface area contributed by atoms with Crippen molar-refractivity contribution < 1.29 is 14.6 Å². The zero-order chi connectivity index (χ0) is 19.6. The normalized spacial score (nSPS) is 12.2. The molecule has 1 unspecified atom stereocenters. The Balaban J connectivity index is 2.16. The molecule has 0 bridgehead atoms. The van der Waals surface area contributed by atoms with Gasteiger partial charge >= 0.3 is 5.97 Å². The summed E-state index contributed by atoms with van der Waals surface area (Å²) in [5.41, 5.74) is 4.72. The van der Waals surface area contributed by atoms with Crippen LogP contribution in [0.2, 0.25) is 0 Å². The van der Waals surface area contributed by atoms with E-state index in [1.807, 2.05) is 12.1 Å². The minimum Gasteiger partial charge on any atom is -0.469 e. The molecule has 1 N–H and O–H groups in total. The molecular formula is C24H32O3. The number of methoxy groups -OCH3 is 1. The fourth-order valence-electron chi connectivity index (χ4n) is 3.64. The number of aryl methyl sites for hydroxylation is 2. The molecule has 0 aliphatic heterocycles. The molecule has 0 aromatic heterocycles. The first kappa shape index (κ1) is 21.2. The first-order valence-electron chi connectivity index (χ1n) is 9.86. The van der Waals surface area contributed by atoms with Gasteiger partial charge in [0.2, 0.25) is 0 Å². The van der Waals surface area contributed by atoms with Crippen molar-refractivity contribution in [3.8, 4) is 0 Å². The average molecular weight is 369 g/mol. The number of benzene rings is 2. The van der Waals surface area contributed by atoms with Gasteiger partial charge in [-0.15, -0.1) is 0 Å². The maximum Gasteiger partial charge on any atom is 0.305 e. The Morgan fingerprint density at radius 3 is 2.41 bits per heavy atom. The highest BCUT2D eigenvalue weighted by Gasteiger charge is 2.15. The average Bonchev–Trinajstić information content (AvgIpc) is 2.69. The molecule has 3 nitrogen and oxygen atoms in total. The van der Waals surface area contributed by atoms with E-state index < -0.39 is 0 Å². The number of rotatable bonds is 10. The van der Waals surface area contributed by atoms with E-state index in [2.05, 4.69) is 50.2 Å². The van der Waals surface area contributed by atoms with Crippen molar-refractivity contribution in [2.24, 2.45) is 5.92 Å². The SMILES string of the molecule is COC(=O)CCc1ccc(CO)cc1CCC(CC(C)C)c1ccccc1. The predicted octanol–water partition coefficient (Wildman–Crippen LogP) is 5.05. The van der Waals surface area contributed by atoms with Gasteiger partial charge in [0, 0.05) is 6.42 Å². The summed E-state index contributed by atoms with van der Waals surface area (Å²) in [7, 11) is 1.43. The molecule has 0 spiro atoms. The Bertz CT molecular complexity index is 707. The first-order valence-corrected chi connectivity index (χ1v) is 9.86. The number of carbonyl (C=O) groups excluding carboxylic acids is 1. The van der Waals surface area contributed by atoms with Crippen LogP contribution in [0.1, 0.15) is 61.3 Å². The van der Waals surface area contributed by atoms with Crippen molar-refractivity contribution in [2.75, 3.05) is 7.11 Å². The van der Waals surface area contributed by atoms with Crippen molar-refractivity contribution in [3.05, 3.63) is 70.8 Å². The van der Waals surface area contributed by atoms with Gasteiger partial charge in [-0.1, -0.05) is 62.4 Å². The molecular weight excluding hydrogens is 336 g/mol. The van der Waals surface area contributed by atoms with Crippen LogP contribution in [0.25, 0.3) is 0 Å². The van der Waals surface area contributed by atoms with Gasteiger partial charge in [-0.05, 0) is 59.8 Å². The van der Waals surface area contributed by atoms with Crippen LogP contribution in [-0.2, 0) is 29.0 Å². The maximum atomic E-state index is 11.5. The van der Waals surface area contributed by atoms with Crippen LogP contribution in [0.5, 0.6) is 0 Å². The molecule has 3 heteroatoms. The number of aliphatic hydroxyl groups is 1. The molecule has 2 aromatic rings. The van der Waals surface area contributed by atoms with Crippen molar-refractivity contribution in [2.45, 2.75) is 58.5 Å². The molecule has 2 rings (SSSR count). The lowest BCUT2D eigenvalue weighted by atomic mass is 9.84. The number of aliphatic hydroxyl groups excluding tert-OH is 1. The first-order chi connectivity index (χ1) is 13.0. The smallest absolute Gasteiger partial charge is 0.305 e. The lowest BCUT2D eigenvalue weighted by Crippen LogP contribution is -2.08. The van der Waals surface area contributed by atoms with E-state index in [-0.39, 0.29) is 12.6 Å². The minimum absolute atomic E-state index is 0.0401. The van der Waals surface area contributed by atoms with E-state index in [1.54, 1.807) is 0 Å². The van der Waals surface area contributed by atoms with Crippen LogP contribution in [0, 0.1) is 5.92 Å². The van der Waals surface area contributed by atoms with Crippen molar-refractivity contribution in [1.29, 1.82) is 0 Å². The molecule has 0 saturated carbocycles. The van der Waals surface area contributed by atoms with Crippen LogP contribution < -0.4 is 0 Å². The lowest BCUT2D eigenvalue weighted by molar-refractivity contribution is -0.140. The van der Waals surface area contributed by atoms with E-state index in [9.17, 15) is 9.90 Å². The standard InChI is InChI=1S/C24H32O3/c1-18(2)15-22(20-7-5-4-6-8-20)11-12-23-16-19(17-25)9-10-21(23)13-14-24(26)27-3/h4-10,16,18,22,25H,11-15,17H2,1-3H3. The summed E-state index contributed by atoms with van der Waals surface area (Å²) in [6, 6.07) is 16.8. The van der Waals surface area contributed by atoms with E-state index in [1.165, 1.54) is 23.8 Å². The summed E-state index contributed by atoms with van der Waals surface area (Å²) in [5, 5.41) is 9.51. The van der Waals surface area contributed by atoms with Crippen LogP contribution in [0.15, 0.2) is 48.5 Å². The molecule has 0 fully saturated rings. The third kappa shape index (κ3) is 6.84. The highest BCUT2D eigenvalue weighted by atomic mass is 16.5. The second-order valence-electron chi connectivity index (χ2n) is 7.61. The summed E-state index contributed by atoms with van der Waals surface area (Å²) in [4.78, 5) is 11.5. The summed E-state index contributed by atoms with van der Waals surface area (Å²) >= 11 is 0. The maximum absolute atomic E-state index is 11.5. The molecule has 0 aliphatic carbocycles. The summed E-state index contributed by atoms with van der Waals surface area (Å²) in [5.74, 6) is 0.962. The van der Waals surface area contributed by atoms with Crippen LogP contribution in [-0.4, -0.2) is 18.2 Å². The number of hydrogen-bond acceptors (Lipinski definition) is 3.